The van der Waals surface area contributed by atoms with Gasteiger partial charge in [-0.25, -0.2) is 0 Å². The predicted molar refractivity (Wildman–Crippen MR) is 66.0 cm³/mol. The molecule has 82 valence electrons. The molecule has 0 heterocycles. The number of hydrogen-bond acceptors (Lipinski definition) is 2. The third kappa shape index (κ3) is 2.49. The van der Waals surface area contributed by atoms with Crippen LogP contribution < -0.4 is 4.74 Å². The van der Waals surface area contributed by atoms with E-state index >= 15 is 0 Å². The van der Waals surface area contributed by atoms with Gasteiger partial charge in [0.25, 0.3) is 0 Å². The minimum Gasteiger partial charge on any atom is -0.489 e. The molecule has 0 bridgehead atoms. The standard InChI is InChI=1S/C13H18OS/c1-9(2)11-5-4-6-12(13(11)15-3)14-10-7-8-10/h4-6,9-10H,7-8H2,1-3H3. The van der Waals surface area contributed by atoms with E-state index in [1.165, 1.54) is 23.3 Å². The van der Waals surface area contributed by atoms with Gasteiger partial charge in [0.1, 0.15) is 5.75 Å². The molecule has 0 N–H and O–H groups in total. The average molecular weight is 222 g/mol. The van der Waals surface area contributed by atoms with Crippen molar-refractivity contribution in [2.24, 2.45) is 0 Å². The van der Waals surface area contributed by atoms with Crippen molar-refractivity contribution in [3.05, 3.63) is 23.8 Å². The van der Waals surface area contributed by atoms with Gasteiger partial charge in [-0.05, 0) is 36.6 Å². The van der Waals surface area contributed by atoms with Crippen LogP contribution in [-0.2, 0) is 0 Å². The van der Waals surface area contributed by atoms with Crippen molar-refractivity contribution in [3.63, 3.8) is 0 Å². The van der Waals surface area contributed by atoms with Crippen LogP contribution >= 0.6 is 11.8 Å². The minimum atomic E-state index is 0.485. The second-order valence-electron chi connectivity index (χ2n) is 4.35. The highest BCUT2D eigenvalue weighted by atomic mass is 32.2. The third-order valence-electron chi connectivity index (χ3n) is 2.65. The predicted octanol–water partition coefficient (Wildman–Crippen LogP) is 4.07. The Morgan fingerprint density at radius 3 is 2.60 bits per heavy atom. The first kappa shape index (κ1) is 10.9. The Kier molecular flexibility index (Phi) is 3.25. The van der Waals surface area contributed by atoms with Crippen molar-refractivity contribution in [1.82, 2.24) is 0 Å². The molecule has 2 heteroatoms. The van der Waals surface area contributed by atoms with Crippen LogP contribution in [0.3, 0.4) is 0 Å². The summed E-state index contributed by atoms with van der Waals surface area (Å²) in [5, 5.41) is 0. The molecule has 0 amide bonds. The van der Waals surface area contributed by atoms with Crippen LogP contribution in [0.4, 0.5) is 0 Å². The Balaban J connectivity index is 2.30. The molecule has 0 atom stereocenters. The molecule has 1 saturated carbocycles. The van der Waals surface area contributed by atoms with Crippen molar-refractivity contribution in [3.8, 4) is 5.75 Å². The first-order valence-corrected chi connectivity index (χ1v) is 6.78. The van der Waals surface area contributed by atoms with Crippen molar-refractivity contribution in [2.75, 3.05) is 6.26 Å². The number of hydrogen-bond donors (Lipinski definition) is 0. The Hall–Kier alpha value is -0.630. The molecule has 1 aromatic carbocycles. The lowest BCUT2D eigenvalue weighted by molar-refractivity contribution is 0.295. The Bertz CT molecular complexity index is 342. The van der Waals surface area contributed by atoms with Crippen LogP contribution in [0, 0.1) is 0 Å². The zero-order valence-corrected chi connectivity index (χ0v) is 10.4. The highest BCUT2D eigenvalue weighted by Crippen LogP contribution is 2.38. The largest absolute Gasteiger partial charge is 0.489 e. The van der Waals surface area contributed by atoms with Crippen LogP contribution in [0.25, 0.3) is 0 Å². The number of ether oxygens (including phenoxy) is 1. The highest BCUT2D eigenvalue weighted by Gasteiger charge is 2.25. The number of thioether (sulfide) groups is 1. The lowest BCUT2D eigenvalue weighted by atomic mass is 10.0. The molecule has 0 aliphatic heterocycles. The van der Waals surface area contributed by atoms with E-state index in [1.807, 2.05) is 0 Å². The van der Waals surface area contributed by atoms with Crippen LogP contribution in [-0.4, -0.2) is 12.4 Å². The summed E-state index contributed by atoms with van der Waals surface area (Å²) in [4.78, 5) is 1.32. The lowest BCUT2D eigenvalue weighted by Gasteiger charge is -2.15. The van der Waals surface area contributed by atoms with Crippen molar-refractivity contribution < 1.29 is 4.74 Å². The maximum atomic E-state index is 5.92. The minimum absolute atomic E-state index is 0.485. The van der Waals surface area contributed by atoms with E-state index in [9.17, 15) is 0 Å². The summed E-state index contributed by atoms with van der Waals surface area (Å²) in [5.74, 6) is 1.64. The normalized spacial score (nSPS) is 15.7. The van der Waals surface area contributed by atoms with E-state index in [0.29, 0.717) is 12.0 Å². The van der Waals surface area contributed by atoms with E-state index in [0.717, 1.165) is 5.75 Å². The van der Waals surface area contributed by atoms with Gasteiger partial charge in [-0.2, -0.15) is 0 Å². The van der Waals surface area contributed by atoms with Crippen LogP contribution in [0.2, 0.25) is 0 Å². The monoisotopic (exact) mass is 222 g/mol. The molecular weight excluding hydrogens is 204 g/mol. The quantitative estimate of drug-likeness (QED) is 0.710. The Morgan fingerprint density at radius 1 is 1.33 bits per heavy atom. The van der Waals surface area contributed by atoms with E-state index in [1.54, 1.807) is 11.8 Å². The average Bonchev–Trinajstić information content (AvgIpc) is 3.01. The van der Waals surface area contributed by atoms with E-state index in [2.05, 4.69) is 38.3 Å². The SMILES string of the molecule is CSc1c(OC2CC2)cccc1C(C)C. The second-order valence-corrected chi connectivity index (χ2v) is 5.17. The fraction of sp³-hybridized carbons (Fsp3) is 0.538. The summed E-state index contributed by atoms with van der Waals surface area (Å²) >= 11 is 1.80. The summed E-state index contributed by atoms with van der Waals surface area (Å²) in [6.45, 7) is 4.46. The third-order valence-corrected chi connectivity index (χ3v) is 3.50. The molecule has 0 unspecified atom stereocenters. The molecule has 15 heavy (non-hydrogen) atoms. The van der Waals surface area contributed by atoms with E-state index in [-0.39, 0.29) is 0 Å². The van der Waals surface area contributed by atoms with Crippen LogP contribution in [0.15, 0.2) is 23.1 Å². The maximum Gasteiger partial charge on any atom is 0.133 e. The van der Waals surface area contributed by atoms with Gasteiger partial charge in [0.2, 0.25) is 0 Å². The fourth-order valence-corrected chi connectivity index (χ4v) is 2.52. The summed E-state index contributed by atoms with van der Waals surface area (Å²) in [5.41, 5.74) is 1.40. The van der Waals surface area contributed by atoms with Gasteiger partial charge in [-0.3, -0.25) is 0 Å². The Morgan fingerprint density at radius 2 is 2.07 bits per heavy atom. The molecular formula is C13H18OS. The van der Waals surface area contributed by atoms with Gasteiger partial charge in [0.05, 0.1) is 11.0 Å². The van der Waals surface area contributed by atoms with Gasteiger partial charge in [0, 0.05) is 0 Å². The van der Waals surface area contributed by atoms with Gasteiger partial charge < -0.3 is 4.74 Å². The first-order chi connectivity index (χ1) is 7.22. The van der Waals surface area contributed by atoms with E-state index < -0.39 is 0 Å². The van der Waals surface area contributed by atoms with Gasteiger partial charge in [-0.15, -0.1) is 11.8 Å². The molecule has 1 nitrogen and oxygen atoms in total. The number of rotatable bonds is 4. The second kappa shape index (κ2) is 4.48. The summed E-state index contributed by atoms with van der Waals surface area (Å²) in [6, 6.07) is 6.40. The molecule has 0 spiro atoms. The molecule has 1 aromatic rings. The van der Waals surface area contributed by atoms with Crippen molar-refractivity contribution >= 4 is 11.8 Å². The smallest absolute Gasteiger partial charge is 0.133 e. The van der Waals surface area contributed by atoms with Gasteiger partial charge in [-0.1, -0.05) is 26.0 Å². The highest BCUT2D eigenvalue weighted by molar-refractivity contribution is 7.98. The van der Waals surface area contributed by atoms with Gasteiger partial charge >= 0.3 is 0 Å². The molecule has 1 fully saturated rings. The van der Waals surface area contributed by atoms with Crippen LogP contribution in [0.1, 0.15) is 38.2 Å². The molecule has 0 radical (unpaired) electrons. The Labute approximate surface area is 96.2 Å². The molecule has 1 aliphatic carbocycles. The van der Waals surface area contributed by atoms with Gasteiger partial charge in [0.15, 0.2) is 0 Å². The summed E-state index contributed by atoms with van der Waals surface area (Å²) < 4.78 is 5.92. The van der Waals surface area contributed by atoms with Crippen molar-refractivity contribution in [1.29, 1.82) is 0 Å². The summed E-state index contributed by atoms with van der Waals surface area (Å²) in [7, 11) is 0. The van der Waals surface area contributed by atoms with E-state index in [4.69, 9.17) is 4.74 Å². The summed E-state index contributed by atoms with van der Waals surface area (Å²) in [6.07, 6.45) is 5.05. The lowest BCUT2D eigenvalue weighted by Crippen LogP contribution is -2.00. The zero-order valence-electron chi connectivity index (χ0n) is 9.62. The topological polar surface area (TPSA) is 9.23 Å². The van der Waals surface area contributed by atoms with Crippen LogP contribution in [0.5, 0.6) is 5.75 Å². The van der Waals surface area contributed by atoms with Crippen molar-refractivity contribution in [2.45, 2.75) is 43.6 Å². The molecule has 0 aromatic heterocycles. The first-order valence-electron chi connectivity index (χ1n) is 5.56. The molecule has 2 rings (SSSR count). The molecule has 0 saturated heterocycles. The maximum absolute atomic E-state index is 5.92. The fourth-order valence-electron chi connectivity index (χ4n) is 1.66. The zero-order chi connectivity index (χ0) is 10.8. The molecule has 1 aliphatic rings. The number of benzene rings is 1.